The number of nitrogens with one attached hydrogen (secondary N) is 1. The molecule has 0 aromatic carbocycles. The van der Waals surface area contributed by atoms with E-state index in [1.807, 2.05) is 0 Å². The molecule has 1 saturated heterocycles. The Kier molecular flexibility index (Phi) is 4.04. The second-order valence-corrected chi connectivity index (χ2v) is 5.24. The van der Waals surface area contributed by atoms with Crippen molar-refractivity contribution in [3.05, 3.63) is 0 Å². The lowest BCUT2D eigenvalue weighted by atomic mass is 9.69. The number of ether oxygens (including phenoxy) is 1. The highest BCUT2D eigenvalue weighted by Gasteiger charge is 2.40. The fourth-order valence-corrected chi connectivity index (χ4v) is 3.42. The van der Waals surface area contributed by atoms with Gasteiger partial charge in [0.05, 0.1) is 0 Å². The summed E-state index contributed by atoms with van der Waals surface area (Å²) in [6.45, 7) is 6.51. The number of hydrogen-bond donors (Lipinski definition) is 1. The average Bonchev–Trinajstić information content (AvgIpc) is 2.82. The smallest absolute Gasteiger partial charge is 0.0471 e. The molecule has 0 radical (unpaired) electrons. The third kappa shape index (κ3) is 2.54. The molecular formula is C13H25NO. The van der Waals surface area contributed by atoms with Crippen molar-refractivity contribution in [1.82, 2.24) is 5.32 Å². The van der Waals surface area contributed by atoms with Gasteiger partial charge in [-0.05, 0) is 43.6 Å². The van der Waals surface area contributed by atoms with Gasteiger partial charge in [-0.3, -0.25) is 0 Å². The minimum Gasteiger partial charge on any atom is -0.381 e. The van der Waals surface area contributed by atoms with Crippen molar-refractivity contribution < 1.29 is 4.74 Å². The van der Waals surface area contributed by atoms with Crippen molar-refractivity contribution in [3.63, 3.8) is 0 Å². The highest BCUT2D eigenvalue weighted by molar-refractivity contribution is 4.92. The van der Waals surface area contributed by atoms with Crippen LogP contribution < -0.4 is 5.32 Å². The van der Waals surface area contributed by atoms with E-state index >= 15 is 0 Å². The first-order chi connectivity index (χ1) is 7.37. The van der Waals surface area contributed by atoms with Crippen LogP contribution in [0.15, 0.2) is 0 Å². The van der Waals surface area contributed by atoms with E-state index in [1.165, 1.54) is 45.1 Å². The predicted octanol–water partition coefficient (Wildman–Crippen LogP) is 2.58. The van der Waals surface area contributed by atoms with Gasteiger partial charge in [-0.25, -0.2) is 0 Å². The Hall–Kier alpha value is -0.0800. The minimum atomic E-state index is 0.574. The molecule has 2 aliphatic rings. The topological polar surface area (TPSA) is 21.3 Å². The first kappa shape index (κ1) is 11.4. The van der Waals surface area contributed by atoms with E-state index in [0.29, 0.717) is 5.41 Å². The third-order valence-electron chi connectivity index (χ3n) is 4.44. The summed E-state index contributed by atoms with van der Waals surface area (Å²) in [4.78, 5) is 0. The van der Waals surface area contributed by atoms with Gasteiger partial charge in [0, 0.05) is 19.8 Å². The molecule has 15 heavy (non-hydrogen) atoms. The molecule has 2 rings (SSSR count). The van der Waals surface area contributed by atoms with E-state index in [2.05, 4.69) is 12.2 Å². The Morgan fingerprint density at radius 3 is 2.47 bits per heavy atom. The van der Waals surface area contributed by atoms with Crippen LogP contribution in [0.1, 0.15) is 45.4 Å². The molecule has 1 saturated carbocycles. The van der Waals surface area contributed by atoms with E-state index in [1.54, 1.807) is 0 Å². The van der Waals surface area contributed by atoms with Crippen molar-refractivity contribution in [1.29, 1.82) is 0 Å². The summed E-state index contributed by atoms with van der Waals surface area (Å²) in [5.41, 5.74) is 0.574. The van der Waals surface area contributed by atoms with E-state index in [0.717, 1.165) is 25.7 Å². The van der Waals surface area contributed by atoms with Crippen LogP contribution in [0.4, 0.5) is 0 Å². The number of hydrogen-bond acceptors (Lipinski definition) is 2. The maximum atomic E-state index is 5.54. The van der Waals surface area contributed by atoms with Crippen molar-refractivity contribution in [2.24, 2.45) is 11.3 Å². The summed E-state index contributed by atoms with van der Waals surface area (Å²) in [6.07, 6.45) is 8.41. The zero-order valence-corrected chi connectivity index (χ0v) is 10.1. The maximum absolute atomic E-state index is 5.54. The molecule has 0 unspecified atom stereocenters. The molecule has 0 aromatic heterocycles. The van der Waals surface area contributed by atoms with Gasteiger partial charge in [0.25, 0.3) is 0 Å². The molecule has 0 aromatic rings. The zero-order chi connectivity index (χ0) is 10.6. The maximum Gasteiger partial charge on any atom is 0.0471 e. The summed E-state index contributed by atoms with van der Waals surface area (Å²) in [5, 5.41) is 3.58. The van der Waals surface area contributed by atoms with Crippen LogP contribution in [0.5, 0.6) is 0 Å². The summed E-state index contributed by atoms with van der Waals surface area (Å²) < 4.78 is 5.54. The normalized spacial score (nSPS) is 27.0. The van der Waals surface area contributed by atoms with Crippen LogP contribution in [0.25, 0.3) is 0 Å². The van der Waals surface area contributed by atoms with Crippen LogP contribution in [-0.2, 0) is 4.74 Å². The highest BCUT2D eigenvalue weighted by atomic mass is 16.5. The minimum absolute atomic E-state index is 0.574. The lowest BCUT2D eigenvalue weighted by molar-refractivity contribution is -0.0166. The Labute approximate surface area is 93.8 Å². The molecule has 2 nitrogen and oxygen atoms in total. The molecule has 1 N–H and O–H groups in total. The Morgan fingerprint density at radius 1 is 1.20 bits per heavy atom. The monoisotopic (exact) mass is 211 g/mol. The van der Waals surface area contributed by atoms with Crippen molar-refractivity contribution in [3.8, 4) is 0 Å². The standard InChI is InChI=1S/C13H25NO/c1-2-14-11-13(7-9-15-10-8-13)12-5-3-4-6-12/h12,14H,2-11H2,1H3. The number of rotatable bonds is 4. The average molecular weight is 211 g/mol. The second-order valence-electron chi connectivity index (χ2n) is 5.24. The van der Waals surface area contributed by atoms with Gasteiger partial charge < -0.3 is 10.1 Å². The van der Waals surface area contributed by atoms with Crippen LogP contribution in [0.2, 0.25) is 0 Å². The molecule has 0 bridgehead atoms. The Bertz CT molecular complexity index is 181. The molecule has 0 amide bonds. The van der Waals surface area contributed by atoms with Gasteiger partial charge in [0.1, 0.15) is 0 Å². The molecule has 88 valence electrons. The molecule has 2 heteroatoms. The van der Waals surface area contributed by atoms with Gasteiger partial charge in [0.15, 0.2) is 0 Å². The van der Waals surface area contributed by atoms with Crippen LogP contribution in [0, 0.1) is 11.3 Å². The van der Waals surface area contributed by atoms with Gasteiger partial charge in [0.2, 0.25) is 0 Å². The van der Waals surface area contributed by atoms with E-state index in [9.17, 15) is 0 Å². The SMILES string of the molecule is CCNCC1(C2CCCC2)CCOCC1. The first-order valence-electron chi connectivity index (χ1n) is 6.66. The lowest BCUT2D eigenvalue weighted by Gasteiger charge is -2.42. The molecule has 1 aliphatic carbocycles. The molecular weight excluding hydrogens is 186 g/mol. The molecule has 1 heterocycles. The fourth-order valence-electron chi connectivity index (χ4n) is 3.42. The zero-order valence-electron chi connectivity index (χ0n) is 10.1. The molecule has 0 spiro atoms. The fraction of sp³-hybridized carbons (Fsp3) is 1.00. The van der Waals surface area contributed by atoms with Crippen molar-refractivity contribution in [2.45, 2.75) is 45.4 Å². The molecule has 0 atom stereocenters. The van der Waals surface area contributed by atoms with Crippen molar-refractivity contribution >= 4 is 0 Å². The van der Waals surface area contributed by atoms with E-state index in [-0.39, 0.29) is 0 Å². The Balaban J connectivity index is 1.98. The first-order valence-corrected chi connectivity index (χ1v) is 6.66. The highest BCUT2D eigenvalue weighted by Crippen LogP contribution is 2.45. The largest absolute Gasteiger partial charge is 0.381 e. The van der Waals surface area contributed by atoms with E-state index < -0.39 is 0 Å². The van der Waals surface area contributed by atoms with Gasteiger partial charge >= 0.3 is 0 Å². The summed E-state index contributed by atoms with van der Waals surface area (Å²) in [6, 6.07) is 0. The lowest BCUT2D eigenvalue weighted by Crippen LogP contribution is -2.43. The predicted molar refractivity (Wildman–Crippen MR) is 63.0 cm³/mol. The van der Waals surface area contributed by atoms with Crippen LogP contribution in [-0.4, -0.2) is 26.3 Å². The third-order valence-corrected chi connectivity index (χ3v) is 4.44. The Morgan fingerprint density at radius 2 is 1.87 bits per heavy atom. The quantitative estimate of drug-likeness (QED) is 0.771. The summed E-state index contributed by atoms with van der Waals surface area (Å²) >= 11 is 0. The molecule has 1 aliphatic heterocycles. The summed E-state index contributed by atoms with van der Waals surface area (Å²) in [7, 11) is 0. The van der Waals surface area contributed by atoms with Gasteiger partial charge in [-0.1, -0.05) is 19.8 Å². The van der Waals surface area contributed by atoms with Crippen LogP contribution in [0.3, 0.4) is 0 Å². The second kappa shape index (κ2) is 5.31. The van der Waals surface area contributed by atoms with Gasteiger partial charge in [-0.15, -0.1) is 0 Å². The van der Waals surface area contributed by atoms with E-state index in [4.69, 9.17) is 4.74 Å². The summed E-state index contributed by atoms with van der Waals surface area (Å²) in [5.74, 6) is 0.973. The van der Waals surface area contributed by atoms with Gasteiger partial charge in [-0.2, -0.15) is 0 Å². The molecule has 2 fully saturated rings. The van der Waals surface area contributed by atoms with Crippen LogP contribution >= 0.6 is 0 Å². The van der Waals surface area contributed by atoms with Crippen molar-refractivity contribution in [2.75, 3.05) is 26.3 Å².